The molecule has 1 N–H and O–H groups in total. The van der Waals surface area contributed by atoms with Crippen molar-refractivity contribution in [3.8, 4) is 0 Å². The van der Waals surface area contributed by atoms with Gasteiger partial charge >= 0.3 is 6.03 Å². The van der Waals surface area contributed by atoms with Crippen molar-refractivity contribution in [3.05, 3.63) is 47.8 Å². The van der Waals surface area contributed by atoms with Crippen molar-refractivity contribution in [2.75, 3.05) is 26.1 Å². The number of anilines is 1. The number of methoxy groups -OCH3 is 1. The van der Waals surface area contributed by atoms with E-state index in [2.05, 4.69) is 28.6 Å². The first-order chi connectivity index (χ1) is 11.7. The van der Waals surface area contributed by atoms with Gasteiger partial charge in [-0.2, -0.15) is 5.10 Å². The molecule has 1 aliphatic rings. The van der Waals surface area contributed by atoms with E-state index in [1.807, 2.05) is 19.3 Å². The van der Waals surface area contributed by atoms with Crippen LogP contribution >= 0.6 is 0 Å². The largest absolute Gasteiger partial charge is 0.383 e. The van der Waals surface area contributed by atoms with Gasteiger partial charge < -0.3 is 15.0 Å². The maximum atomic E-state index is 12.6. The van der Waals surface area contributed by atoms with Gasteiger partial charge in [0.15, 0.2) is 0 Å². The molecule has 6 heteroatoms. The number of carbonyl (C=O) groups is 1. The molecule has 0 saturated carbocycles. The number of amides is 2. The summed E-state index contributed by atoms with van der Waals surface area (Å²) in [5.74, 6) is 0. The van der Waals surface area contributed by atoms with Crippen LogP contribution in [0, 0.1) is 0 Å². The Bertz CT molecular complexity index is 698. The van der Waals surface area contributed by atoms with E-state index in [4.69, 9.17) is 4.74 Å². The number of nitrogens with one attached hydrogen (secondary N) is 1. The number of hydrogen-bond acceptors (Lipinski definition) is 3. The zero-order valence-electron chi connectivity index (χ0n) is 14.2. The number of carbonyl (C=O) groups excluding carboxylic acids is 1. The molecule has 1 heterocycles. The Labute approximate surface area is 142 Å². The highest BCUT2D eigenvalue weighted by Crippen LogP contribution is 2.33. The Hall–Kier alpha value is -2.34. The lowest BCUT2D eigenvalue weighted by molar-refractivity contribution is 0.183. The number of hydrogen-bond donors (Lipinski definition) is 1. The number of fused-ring (bicyclic) bond motifs is 1. The number of aromatic nitrogens is 2. The molecule has 128 valence electrons. The number of urea groups is 1. The van der Waals surface area contributed by atoms with E-state index >= 15 is 0 Å². The molecule has 1 aromatic heterocycles. The summed E-state index contributed by atoms with van der Waals surface area (Å²) in [7, 11) is 3.51. The zero-order chi connectivity index (χ0) is 16.9. The maximum absolute atomic E-state index is 12.6. The molecule has 2 aromatic rings. The Morgan fingerprint density at radius 2 is 2.29 bits per heavy atom. The summed E-state index contributed by atoms with van der Waals surface area (Å²) in [6.45, 7) is 1.26. The predicted octanol–water partition coefficient (Wildman–Crippen LogP) is 3.07. The normalized spacial score (nSPS) is 16.5. The smallest absolute Gasteiger partial charge is 0.322 e. The van der Waals surface area contributed by atoms with E-state index in [9.17, 15) is 4.79 Å². The van der Waals surface area contributed by atoms with E-state index in [0.717, 1.165) is 19.3 Å². The minimum atomic E-state index is -0.108. The van der Waals surface area contributed by atoms with Gasteiger partial charge in [0.2, 0.25) is 0 Å². The first-order valence-electron chi connectivity index (χ1n) is 8.32. The number of benzene rings is 1. The van der Waals surface area contributed by atoms with E-state index in [0.29, 0.717) is 18.8 Å². The van der Waals surface area contributed by atoms with E-state index in [1.165, 1.54) is 11.1 Å². The fraction of sp³-hybridized carbons (Fsp3) is 0.444. The maximum Gasteiger partial charge on any atom is 0.322 e. The van der Waals surface area contributed by atoms with Gasteiger partial charge in [0.25, 0.3) is 0 Å². The molecule has 2 amide bonds. The van der Waals surface area contributed by atoms with E-state index in [-0.39, 0.29) is 12.1 Å². The van der Waals surface area contributed by atoms with Gasteiger partial charge in [0, 0.05) is 20.4 Å². The fourth-order valence-electron chi connectivity index (χ4n) is 3.22. The van der Waals surface area contributed by atoms with Crippen LogP contribution in [0.25, 0.3) is 0 Å². The average Bonchev–Trinajstić information content (AvgIpc) is 3.06. The van der Waals surface area contributed by atoms with Crippen LogP contribution in [0.4, 0.5) is 10.5 Å². The van der Waals surface area contributed by atoms with E-state index < -0.39 is 0 Å². The number of ether oxygens (including phenoxy) is 1. The number of rotatable bonds is 5. The van der Waals surface area contributed by atoms with Crippen LogP contribution in [0.2, 0.25) is 0 Å². The van der Waals surface area contributed by atoms with Crippen molar-refractivity contribution in [3.63, 3.8) is 0 Å². The molecule has 0 fully saturated rings. The summed E-state index contributed by atoms with van der Waals surface area (Å²) < 4.78 is 6.79. The monoisotopic (exact) mass is 328 g/mol. The highest BCUT2D eigenvalue weighted by molar-refractivity contribution is 5.89. The molecule has 0 radical (unpaired) electrons. The highest BCUT2D eigenvalue weighted by atomic mass is 16.5. The van der Waals surface area contributed by atoms with Crippen molar-refractivity contribution in [2.24, 2.45) is 0 Å². The lowest BCUT2D eigenvalue weighted by atomic mass is 9.87. The van der Waals surface area contributed by atoms with Crippen molar-refractivity contribution in [1.29, 1.82) is 0 Å². The Morgan fingerprint density at radius 3 is 3.12 bits per heavy atom. The van der Waals surface area contributed by atoms with Crippen LogP contribution < -0.4 is 5.32 Å². The molecule has 3 rings (SSSR count). The highest BCUT2D eigenvalue weighted by Gasteiger charge is 2.26. The lowest BCUT2D eigenvalue weighted by Crippen LogP contribution is -2.36. The standard InChI is InChI=1S/C18H24N4O2/c1-21(17-9-5-7-14-6-3-4-8-16(14)17)18(23)20-15-12-19-22(13-15)10-11-24-2/h3-4,6,8,12-13,17H,5,7,9-11H2,1-2H3,(H,20,23)/t17-/m0/s1. The molecular formula is C18H24N4O2. The predicted molar refractivity (Wildman–Crippen MR) is 93.0 cm³/mol. The summed E-state index contributed by atoms with van der Waals surface area (Å²) in [6, 6.07) is 8.42. The number of nitrogens with zero attached hydrogens (tertiary/aromatic N) is 3. The molecule has 0 bridgehead atoms. The molecule has 1 atom stereocenters. The van der Waals surface area contributed by atoms with Crippen LogP contribution in [0.15, 0.2) is 36.7 Å². The van der Waals surface area contributed by atoms with Gasteiger partial charge in [-0.3, -0.25) is 4.68 Å². The van der Waals surface area contributed by atoms with Gasteiger partial charge in [-0.1, -0.05) is 24.3 Å². The van der Waals surface area contributed by atoms with E-state index in [1.54, 1.807) is 22.9 Å². The minimum absolute atomic E-state index is 0.108. The molecule has 0 spiro atoms. The molecule has 0 aliphatic heterocycles. The second-order valence-electron chi connectivity index (χ2n) is 6.13. The Kier molecular flexibility index (Phi) is 5.15. The van der Waals surface area contributed by atoms with Crippen LogP contribution in [0.1, 0.15) is 30.0 Å². The van der Waals surface area contributed by atoms with Gasteiger partial charge in [0.1, 0.15) is 0 Å². The fourth-order valence-corrected chi connectivity index (χ4v) is 3.22. The summed E-state index contributed by atoms with van der Waals surface area (Å²) >= 11 is 0. The molecule has 6 nitrogen and oxygen atoms in total. The Morgan fingerprint density at radius 1 is 1.46 bits per heavy atom. The van der Waals surface area contributed by atoms with Crippen molar-refractivity contribution in [1.82, 2.24) is 14.7 Å². The number of aryl methyl sites for hydroxylation is 1. The van der Waals surface area contributed by atoms with Gasteiger partial charge in [-0.05, 0) is 30.4 Å². The second-order valence-corrected chi connectivity index (χ2v) is 6.13. The quantitative estimate of drug-likeness (QED) is 0.917. The van der Waals surface area contributed by atoms with Crippen LogP contribution in [0.3, 0.4) is 0 Å². The molecule has 1 aliphatic carbocycles. The summed E-state index contributed by atoms with van der Waals surface area (Å²) in [4.78, 5) is 14.4. The van der Waals surface area contributed by atoms with Gasteiger partial charge in [0.05, 0.1) is 31.1 Å². The lowest BCUT2D eigenvalue weighted by Gasteiger charge is -2.33. The summed E-state index contributed by atoms with van der Waals surface area (Å²) in [5, 5.41) is 7.15. The molecule has 24 heavy (non-hydrogen) atoms. The topological polar surface area (TPSA) is 59.4 Å². The first-order valence-corrected chi connectivity index (χ1v) is 8.32. The van der Waals surface area contributed by atoms with Crippen molar-refractivity contribution >= 4 is 11.7 Å². The molecular weight excluding hydrogens is 304 g/mol. The molecule has 0 saturated heterocycles. The minimum Gasteiger partial charge on any atom is -0.383 e. The molecule has 0 unspecified atom stereocenters. The third kappa shape index (κ3) is 3.59. The first kappa shape index (κ1) is 16.5. The second kappa shape index (κ2) is 7.49. The summed E-state index contributed by atoms with van der Waals surface area (Å²) in [5.41, 5.74) is 3.31. The van der Waals surface area contributed by atoms with Gasteiger partial charge in [-0.15, -0.1) is 0 Å². The van der Waals surface area contributed by atoms with Crippen LogP contribution in [-0.2, 0) is 17.7 Å². The van der Waals surface area contributed by atoms with Crippen LogP contribution in [-0.4, -0.2) is 41.5 Å². The zero-order valence-corrected chi connectivity index (χ0v) is 14.2. The summed E-state index contributed by atoms with van der Waals surface area (Å²) in [6.07, 6.45) is 6.67. The Balaban J connectivity index is 1.66. The molecule has 1 aromatic carbocycles. The van der Waals surface area contributed by atoms with Crippen LogP contribution in [0.5, 0.6) is 0 Å². The van der Waals surface area contributed by atoms with Gasteiger partial charge in [-0.25, -0.2) is 4.79 Å². The van der Waals surface area contributed by atoms with Crippen molar-refractivity contribution < 1.29 is 9.53 Å². The third-order valence-electron chi connectivity index (χ3n) is 4.53. The average molecular weight is 328 g/mol. The third-order valence-corrected chi connectivity index (χ3v) is 4.53. The van der Waals surface area contributed by atoms with Crippen molar-refractivity contribution in [2.45, 2.75) is 31.8 Å². The SMILES string of the molecule is COCCn1cc(NC(=O)N(C)[C@H]2CCCc3ccccc32)cn1.